The molecule has 2 aliphatic carbocycles. The Hall–Kier alpha value is -0.357. The summed E-state index contributed by atoms with van der Waals surface area (Å²) in [5, 5.41) is 0. The van der Waals surface area contributed by atoms with Crippen LogP contribution in [-0.2, 0) is 20.3 Å². The Morgan fingerprint density at radius 1 is 0.800 bits per heavy atom. The van der Waals surface area contributed by atoms with Crippen molar-refractivity contribution in [2.45, 2.75) is 17.5 Å². The summed E-state index contributed by atoms with van der Waals surface area (Å²) in [7, 11) is 0. The third-order valence-electron chi connectivity index (χ3n) is 4.18. The van der Waals surface area contributed by atoms with Crippen LogP contribution < -0.4 is 3.27 Å². The van der Waals surface area contributed by atoms with E-state index in [-0.39, 0.29) is 24.8 Å². The maximum absolute atomic E-state index is 2.57. The van der Waals surface area contributed by atoms with Crippen molar-refractivity contribution in [3.63, 3.8) is 0 Å². The van der Waals surface area contributed by atoms with Gasteiger partial charge in [-0.25, -0.2) is 0 Å². The fourth-order valence-electron chi connectivity index (χ4n) is 2.98. The quantitative estimate of drug-likeness (QED) is 0.682. The molecule has 0 radical (unpaired) electrons. The topological polar surface area (TPSA) is 0 Å². The predicted octanol–water partition coefficient (Wildman–Crippen LogP) is 5.05. The van der Waals surface area contributed by atoms with Gasteiger partial charge in [-0.3, -0.25) is 0 Å². The third kappa shape index (κ3) is 3.11. The molecule has 0 saturated heterocycles. The third-order valence-corrected chi connectivity index (χ3v) is 16.0. The molecule has 0 N–H and O–H groups in total. The molecule has 20 heavy (non-hydrogen) atoms. The predicted molar refractivity (Wildman–Crippen MR) is 90.1 cm³/mol. The number of hydrogen-bond acceptors (Lipinski definition) is 0. The molecular weight excluding hydrogens is 366 g/mol. The van der Waals surface area contributed by atoms with Crippen LogP contribution in [0.25, 0.3) is 0 Å². The molecule has 0 amide bonds. The second-order valence-electron chi connectivity index (χ2n) is 5.14. The Balaban J connectivity index is 0.000001000. The van der Waals surface area contributed by atoms with E-state index < -0.39 is 20.3 Å². The van der Waals surface area contributed by atoms with Crippen LogP contribution in [0.2, 0.25) is 4.63 Å². The summed E-state index contributed by atoms with van der Waals surface area (Å²) in [4.78, 5) is 0. The molecule has 106 valence electrons. The summed E-state index contributed by atoms with van der Waals surface area (Å²) in [6.45, 7) is 0. The van der Waals surface area contributed by atoms with E-state index in [1.54, 1.807) is 9.83 Å². The van der Waals surface area contributed by atoms with Crippen molar-refractivity contribution in [1.82, 2.24) is 0 Å². The van der Waals surface area contributed by atoms with Gasteiger partial charge >= 0.3 is 114 Å². The average Bonchev–Trinajstić information content (AvgIpc) is 3.12. The van der Waals surface area contributed by atoms with Crippen molar-refractivity contribution < 1.29 is 20.3 Å². The molecule has 2 aliphatic rings. The van der Waals surface area contributed by atoms with Gasteiger partial charge in [-0.1, -0.05) is 0 Å². The Bertz CT molecular complexity index is 538. The molecule has 0 heterocycles. The molecule has 0 unspecified atom stereocenters. The van der Waals surface area contributed by atoms with Gasteiger partial charge in [-0.05, 0) is 0 Å². The van der Waals surface area contributed by atoms with Crippen LogP contribution in [0.15, 0.2) is 73.3 Å². The summed E-state index contributed by atoms with van der Waals surface area (Å²) in [6, 6.07) is 11.2. The Labute approximate surface area is 138 Å². The van der Waals surface area contributed by atoms with E-state index in [1.807, 2.05) is 0 Å². The number of allylic oxidation sites excluding steroid dienone is 8. The van der Waals surface area contributed by atoms with Crippen molar-refractivity contribution >= 4 is 28.1 Å². The first-order valence-electron chi connectivity index (χ1n) is 6.59. The first-order chi connectivity index (χ1) is 8.82. The summed E-state index contributed by atoms with van der Waals surface area (Å²) >= 11 is -2.54. The van der Waals surface area contributed by atoms with Crippen molar-refractivity contribution in [2.75, 3.05) is 0 Å². The minimum atomic E-state index is -2.54. The van der Waals surface area contributed by atoms with E-state index in [0.717, 1.165) is 0 Å². The summed E-state index contributed by atoms with van der Waals surface area (Å²) in [6.07, 6.45) is 16.2. The molecule has 0 atom stereocenters. The normalized spacial score (nSPS) is 16.2. The van der Waals surface area contributed by atoms with Gasteiger partial charge in [-0.2, -0.15) is 0 Å². The van der Waals surface area contributed by atoms with Crippen molar-refractivity contribution in [3.8, 4) is 0 Å². The fraction of sp³-hybridized carbons (Fsp3) is 0.176. The minimum absolute atomic E-state index is 0. The fourth-order valence-corrected chi connectivity index (χ4v) is 12.6. The Morgan fingerprint density at radius 2 is 1.30 bits per heavy atom. The van der Waals surface area contributed by atoms with Gasteiger partial charge in [0, 0.05) is 0 Å². The second-order valence-corrected chi connectivity index (χ2v) is 15.2. The van der Waals surface area contributed by atoms with Crippen LogP contribution in [-0.4, -0.2) is 0 Å². The van der Waals surface area contributed by atoms with Crippen LogP contribution in [0, 0.1) is 0 Å². The van der Waals surface area contributed by atoms with Crippen molar-refractivity contribution in [2.24, 2.45) is 0 Å². The zero-order chi connectivity index (χ0) is 12.4. The molecule has 0 spiro atoms. The van der Waals surface area contributed by atoms with Gasteiger partial charge in [0.15, 0.2) is 0 Å². The molecule has 3 rings (SSSR count). The first-order valence-corrected chi connectivity index (χ1v) is 12.7. The zero-order valence-corrected chi connectivity index (χ0v) is 15.7. The molecule has 0 bridgehead atoms. The van der Waals surface area contributed by atoms with E-state index >= 15 is 0 Å². The zero-order valence-electron chi connectivity index (χ0n) is 11.6. The molecular formula is C17H20Cl2Zr. The van der Waals surface area contributed by atoms with Gasteiger partial charge in [-0.15, -0.1) is 24.8 Å². The summed E-state index contributed by atoms with van der Waals surface area (Å²) < 4.78 is 7.61. The number of halogens is 2. The molecule has 0 fully saturated rings. The van der Waals surface area contributed by atoms with Crippen molar-refractivity contribution in [3.05, 3.63) is 73.3 Å². The molecule has 0 aliphatic heterocycles. The van der Waals surface area contributed by atoms with Gasteiger partial charge in [0.2, 0.25) is 0 Å². The molecule has 1 aromatic carbocycles. The van der Waals surface area contributed by atoms with Crippen LogP contribution in [0.1, 0.15) is 12.8 Å². The van der Waals surface area contributed by atoms with Gasteiger partial charge < -0.3 is 0 Å². The molecule has 3 heteroatoms. The van der Waals surface area contributed by atoms with Gasteiger partial charge in [0.25, 0.3) is 0 Å². The number of benzene rings is 1. The number of rotatable bonds is 3. The van der Waals surface area contributed by atoms with E-state index in [0.29, 0.717) is 0 Å². The summed E-state index contributed by atoms with van der Waals surface area (Å²) in [5.74, 6) is 0. The molecule has 0 aromatic heterocycles. The van der Waals surface area contributed by atoms with Crippen LogP contribution in [0.3, 0.4) is 0 Å². The van der Waals surface area contributed by atoms with Crippen LogP contribution in [0.4, 0.5) is 0 Å². The second kappa shape index (κ2) is 7.59. The Morgan fingerprint density at radius 3 is 1.70 bits per heavy atom. The van der Waals surface area contributed by atoms with Crippen LogP contribution in [0.5, 0.6) is 0 Å². The van der Waals surface area contributed by atoms with E-state index in [4.69, 9.17) is 0 Å². The van der Waals surface area contributed by atoms with Gasteiger partial charge in [0.1, 0.15) is 0 Å². The van der Waals surface area contributed by atoms with Crippen LogP contribution >= 0.6 is 24.8 Å². The molecule has 0 saturated carbocycles. The molecule has 1 aromatic rings. The Kier molecular flexibility index (Phi) is 6.72. The molecule has 0 nitrogen and oxygen atoms in total. The van der Waals surface area contributed by atoms with E-state index in [9.17, 15) is 0 Å². The average molecular weight is 386 g/mol. The standard InChI is InChI=1S/C6H5.2C5H5.CH3.2ClH.Zr/c1-2-4-6-5-3-1;2*1-2-4-5-3-1;;;;/h1-5H;2*1-3H,4H2;1H3;2*1H;. The monoisotopic (exact) mass is 384 g/mol. The maximum atomic E-state index is 2.57. The van der Waals surface area contributed by atoms with Gasteiger partial charge in [0.05, 0.1) is 0 Å². The van der Waals surface area contributed by atoms with Crippen molar-refractivity contribution in [1.29, 1.82) is 0 Å². The number of hydrogen-bond donors (Lipinski definition) is 0. The summed E-state index contributed by atoms with van der Waals surface area (Å²) in [5.41, 5.74) is 0. The van der Waals surface area contributed by atoms with E-state index in [1.165, 1.54) is 12.8 Å². The first kappa shape index (κ1) is 17.7. The SMILES string of the molecule is Cl.Cl.[CH3][Zr]([C]1=CC=CC1)([C]1=CC=CC1)[c]1ccccc1. The van der Waals surface area contributed by atoms with E-state index in [2.05, 4.69) is 71.4 Å².